The van der Waals surface area contributed by atoms with Gasteiger partial charge in [-0.2, -0.15) is 0 Å². The SMILES string of the molecule is CCNC(=NCc1cccc(S(=O)(=O)NC)c1)NCCOCC. The van der Waals surface area contributed by atoms with Crippen LogP contribution in [0.2, 0.25) is 0 Å². The quantitative estimate of drug-likeness (QED) is 0.349. The van der Waals surface area contributed by atoms with Crippen LogP contribution in [0.25, 0.3) is 0 Å². The average Bonchev–Trinajstić information content (AvgIpc) is 2.56. The summed E-state index contributed by atoms with van der Waals surface area (Å²) in [6, 6.07) is 6.75. The van der Waals surface area contributed by atoms with Gasteiger partial charge in [-0.1, -0.05) is 12.1 Å². The molecule has 130 valence electrons. The van der Waals surface area contributed by atoms with Crippen molar-refractivity contribution in [1.29, 1.82) is 0 Å². The highest BCUT2D eigenvalue weighted by Crippen LogP contribution is 2.11. The molecule has 0 unspecified atom stereocenters. The van der Waals surface area contributed by atoms with E-state index < -0.39 is 10.0 Å². The second-order valence-corrected chi connectivity index (χ2v) is 6.56. The van der Waals surface area contributed by atoms with E-state index in [4.69, 9.17) is 4.74 Å². The third-order valence-electron chi connectivity index (χ3n) is 2.98. The fourth-order valence-electron chi connectivity index (χ4n) is 1.83. The van der Waals surface area contributed by atoms with Gasteiger partial charge in [0, 0.05) is 19.7 Å². The van der Waals surface area contributed by atoms with Crippen molar-refractivity contribution in [1.82, 2.24) is 15.4 Å². The van der Waals surface area contributed by atoms with Crippen molar-refractivity contribution >= 4 is 16.0 Å². The first kappa shape index (κ1) is 19.4. The smallest absolute Gasteiger partial charge is 0.240 e. The van der Waals surface area contributed by atoms with E-state index in [0.717, 1.165) is 12.1 Å². The lowest BCUT2D eigenvalue weighted by molar-refractivity contribution is 0.152. The van der Waals surface area contributed by atoms with Crippen LogP contribution in [0.15, 0.2) is 34.2 Å². The molecule has 1 aromatic carbocycles. The van der Waals surface area contributed by atoms with Crippen molar-refractivity contribution in [3.05, 3.63) is 29.8 Å². The van der Waals surface area contributed by atoms with Gasteiger partial charge in [0.2, 0.25) is 10.0 Å². The highest BCUT2D eigenvalue weighted by Gasteiger charge is 2.11. The van der Waals surface area contributed by atoms with Crippen molar-refractivity contribution in [2.75, 3.05) is 33.4 Å². The van der Waals surface area contributed by atoms with Gasteiger partial charge < -0.3 is 15.4 Å². The van der Waals surface area contributed by atoms with E-state index in [1.54, 1.807) is 18.2 Å². The van der Waals surface area contributed by atoms with Gasteiger partial charge in [0.1, 0.15) is 0 Å². The first-order valence-corrected chi connectivity index (χ1v) is 9.14. The van der Waals surface area contributed by atoms with E-state index in [9.17, 15) is 8.42 Å². The van der Waals surface area contributed by atoms with Crippen LogP contribution in [-0.4, -0.2) is 47.7 Å². The number of aliphatic imine (C=N–C) groups is 1. The summed E-state index contributed by atoms with van der Waals surface area (Å²) in [5.74, 6) is 0.675. The highest BCUT2D eigenvalue weighted by atomic mass is 32.2. The second kappa shape index (κ2) is 10.2. The lowest BCUT2D eigenvalue weighted by Crippen LogP contribution is -2.39. The van der Waals surface area contributed by atoms with Gasteiger partial charge in [-0.05, 0) is 38.6 Å². The van der Waals surface area contributed by atoms with Crippen LogP contribution in [0.4, 0.5) is 0 Å². The maximum absolute atomic E-state index is 11.8. The Hall–Kier alpha value is -1.64. The van der Waals surface area contributed by atoms with Crippen LogP contribution in [0.5, 0.6) is 0 Å². The summed E-state index contributed by atoms with van der Waals surface area (Å²) in [6.07, 6.45) is 0. The molecule has 0 atom stereocenters. The van der Waals surface area contributed by atoms with E-state index in [1.165, 1.54) is 7.05 Å². The van der Waals surface area contributed by atoms with E-state index in [1.807, 2.05) is 19.9 Å². The Kier molecular flexibility index (Phi) is 8.60. The summed E-state index contributed by atoms with van der Waals surface area (Å²) < 4.78 is 31.2. The zero-order chi connectivity index (χ0) is 17.1. The molecule has 7 nitrogen and oxygen atoms in total. The lowest BCUT2D eigenvalue weighted by atomic mass is 10.2. The van der Waals surface area contributed by atoms with Crippen molar-refractivity contribution in [2.45, 2.75) is 25.3 Å². The number of ether oxygens (including phenoxy) is 1. The first-order chi connectivity index (χ1) is 11.0. The summed E-state index contributed by atoms with van der Waals surface area (Å²) in [7, 11) is -2.04. The largest absolute Gasteiger partial charge is 0.380 e. The van der Waals surface area contributed by atoms with Crippen LogP contribution in [0, 0.1) is 0 Å². The Labute approximate surface area is 138 Å². The van der Waals surface area contributed by atoms with E-state index in [0.29, 0.717) is 32.3 Å². The van der Waals surface area contributed by atoms with Gasteiger partial charge in [0.25, 0.3) is 0 Å². The molecule has 0 aliphatic rings. The maximum atomic E-state index is 11.8. The van der Waals surface area contributed by atoms with Crippen LogP contribution >= 0.6 is 0 Å². The molecular weight excluding hydrogens is 316 g/mol. The normalized spacial score (nSPS) is 12.2. The van der Waals surface area contributed by atoms with E-state index in [2.05, 4.69) is 20.3 Å². The van der Waals surface area contributed by atoms with Gasteiger partial charge in [0.15, 0.2) is 5.96 Å². The number of guanidine groups is 1. The molecule has 0 amide bonds. The number of hydrogen-bond donors (Lipinski definition) is 3. The lowest BCUT2D eigenvalue weighted by Gasteiger charge is -2.11. The van der Waals surface area contributed by atoms with Crippen molar-refractivity contribution in [3.63, 3.8) is 0 Å². The fraction of sp³-hybridized carbons (Fsp3) is 0.533. The molecular formula is C15H26N4O3S. The number of hydrogen-bond acceptors (Lipinski definition) is 4. The van der Waals surface area contributed by atoms with Crippen molar-refractivity contribution in [3.8, 4) is 0 Å². The Bertz CT molecular complexity index is 602. The summed E-state index contributed by atoms with van der Waals surface area (Å²) in [5.41, 5.74) is 0.823. The number of rotatable bonds is 9. The molecule has 0 aromatic heterocycles. The van der Waals surface area contributed by atoms with Crippen LogP contribution in [0.3, 0.4) is 0 Å². The minimum atomic E-state index is -3.44. The minimum Gasteiger partial charge on any atom is -0.380 e. The third kappa shape index (κ3) is 6.98. The Morgan fingerprint density at radius 1 is 1.26 bits per heavy atom. The van der Waals surface area contributed by atoms with Gasteiger partial charge in [0.05, 0.1) is 18.0 Å². The van der Waals surface area contributed by atoms with Gasteiger partial charge in [-0.15, -0.1) is 0 Å². The average molecular weight is 342 g/mol. The van der Waals surface area contributed by atoms with Gasteiger partial charge in [-0.25, -0.2) is 18.1 Å². The summed E-state index contributed by atoms with van der Waals surface area (Å²) >= 11 is 0. The Balaban J connectivity index is 2.73. The molecule has 1 rings (SSSR count). The molecule has 0 heterocycles. The standard InChI is InChI=1S/C15H26N4O3S/c1-4-17-15(18-9-10-22-5-2)19-12-13-7-6-8-14(11-13)23(20,21)16-3/h6-8,11,16H,4-5,9-10,12H2,1-3H3,(H2,17,18,19). The Morgan fingerprint density at radius 2 is 2.04 bits per heavy atom. The number of sulfonamides is 1. The van der Waals surface area contributed by atoms with Crippen molar-refractivity contribution < 1.29 is 13.2 Å². The summed E-state index contributed by atoms with van der Waals surface area (Å²) in [4.78, 5) is 4.69. The topological polar surface area (TPSA) is 91.8 Å². The molecule has 3 N–H and O–H groups in total. The molecule has 0 saturated heterocycles. The van der Waals surface area contributed by atoms with E-state index in [-0.39, 0.29) is 4.90 Å². The van der Waals surface area contributed by atoms with Gasteiger partial charge >= 0.3 is 0 Å². The minimum absolute atomic E-state index is 0.238. The molecule has 0 saturated carbocycles. The molecule has 23 heavy (non-hydrogen) atoms. The molecule has 0 fully saturated rings. The highest BCUT2D eigenvalue weighted by molar-refractivity contribution is 7.89. The molecule has 1 aromatic rings. The van der Waals surface area contributed by atoms with E-state index >= 15 is 0 Å². The fourth-order valence-corrected chi connectivity index (χ4v) is 2.63. The number of nitrogens with zero attached hydrogens (tertiary/aromatic N) is 1. The Morgan fingerprint density at radius 3 is 2.70 bits per heavy atom. The summed E-state index contributed by atoms with van der Waals surface area (Å²) in [5, 5.41) is 6.30. The van der Waals surface area contributed by atoms with Gasteiger partial charge in [-0.3, -0.25) is 0 Å². The monoisotopic (exact) mass is 342 g/mol. The number of benzene rings is 1. The van der Waals surface area contributed by atoms with Crippen molar-refractivity contribution in [2.24, 2.45) is 4.99 Å². The molecule has 0 radical (unpaired) electrons. The molecule has 8 heteroatoms. The third-order valence-corrected chi connectivity index (χ3v) is 4.40. The second-order valence-electron chi connectivity index (χ2n) is 4.67. The first-order valence-electron chi connectivity index (χ1n) is 7.66. The molecule has 0 aliphatic carbocycles. The predicted molar refractivity (Wildman–Crippen MR) is 92.0 cm³/mol. The molecule has 0 aliphatic heterocycles. The summed E-state index contributed by atoms with van der Waals surface area (Å²) in [6.45, 7) is 7.02. The number of nitrogens with one attached hydrogen (secondary N) is 3. The van der Waals surface area contributed by atoms with Crippen LogP contribution < -0.4 is 15.4 Å². The van der Waals surface area contributed by atoms with Crippen LogP contribution in [-0.2, 0) is 21.3 Å². The zero-order valence-corrected chi connectivity index (χ0v) is 14.7. The molecule has 0 spiro atoms. The maximum Gasteiger partial charge on any atom is 0.240 e. The zero-order valence-electron chi connectivity index (χ0n) is 13.9. The van der Waals surface area contributed by atoms with Crippen LogP contribution in [0.1, 0.15) is 19.4 Å². The predicted octanol–water partition coefficient (Wildman–Crippen LogP) is 0.686. The molecule has 0 bridgehead atoms.